The van der Waals surface area contributed by atoms with E-state index < -0.39 is 0 Å². The third-order valence-corrected chi connectivity index (χ3v) is 3.11. The summed E-state index contributed by atoms with van der Waals surface area (Å²) in [6, 6.07) is 5.67. The first-order valence-corrected chi connectivity index (χ1v) is 5.47. The van der Waals surface area contributed by atoms with Gasteiger partial charge in [0.25, 0.3) is 0 Å². The Labute approximate surface area is 91.7 Å². The molecule has 0 amide bonds. The van der Waals surface area contributed by atoms with E-state index in [1.165, 1.54) is 0 Å². The zero-order chi connectivity index (χ0) is 9.97. The molecule has 0 aliphatic heterocycles. The van der Waals surface area contributed by atoms with Crippen LogP contribution in [0.15, 0.2) is 34.7 Å². The van der Waals surface area contributed by atoms with Crippen LogP contribution in [-0.2, 0) is 6.61 Å². The summed E-state index contributed by atoms with van der Waals surface area (Å²) in [6.45, 7) is 0.0172. The van der Waals surface area contributed by atoms with E-state index in [2.05, 4.69) is 17.6 Å². The van der Waals surface area contributed by atoms with Crippen molar-refractivity contribution in [2.45, 2.75) is 11.5 Å². The summed E-state index contributed by atoms with van der Waals surface area (Å²) >= 11 is 5.91. The lowest BCUT2D eigenvalue weighted by Gasteiger charge is -2.06. The fourth-order valence-corrected chi connectivity index (χ4v) is 2.45. The molecule has 0 aliphatic rings. The van der Waals surface area contributed by atoms with Crippen LogP contribution < -0.4 is 0 Å². The number of aliphatic hydroxyl groups excluding tert-OH is 1. The molecule has 0 unspecified atom stereocenters. The number of thiazole rings is 1. The van der Waals surface area contributed by atoms with Crippen molar-refractivity contribution in [1.82, 2.24) is 4.98 Å². The first-order valence-electron chi connectivity index (χ1n) is 4.14. The second-order valence-corrected chi connectivity index (χ2v) is 4.18. The zero-order valence-electron chi connectivity index (χ0n) is 7.34. The van der Waals surface area contributed by atoms with Gasteiger partial charge in [0.2, 0.25) is 0 Å². The lowest BCUT2D eigenvalue weighted by molar-refractivity contribution is 0.282. The highest BCUT2D eigenvalue weighted by atomic mass is 32.1. The zero-order valence-corrected chi connectivity index (χ0v) is 9.05. The Balaban J connectivity index is 2.61. The van der Waals surface area contributed by atoms with Crippen molar-refractivity contribution in [3.8, 4) is 10.6 Å². The van der Waals surface area contributed by atoms with Crippen molar-refractivity contribution < 1.29 is 5.11 Å². The molecule has 2 aromatic rings. The van der Waals surface area contributed by atoms with Gasteiger partial charge in [-0.15, -0.1) is 24.0 Å². The summed E-state index contributed by atoms with van der Waals surface area (Å²) in [6.07, 6.45) is 1.75. The average Bonchev–Trinajstić information content (AvgIpc) is 2.70. The van der Waals surface area contributed by atoms with E-state index in [1.54, 1.807) is 17.5 Å². The molecular formula is C10H9NOS2. The topological polar surface area (TPSA) is 33.1 Å². The van der Waals surface area contributed by atoms with Crippen molar-refractivity contribution in [2.75, 3.05) is 0 Å². The van der Waals surface area contributed by atoms with E-state index in [-0.39, 0.29) is 6.61 Å². The summed E-state index contributed by atoms with van der Waals surface area (Å²) < 4.78 is 0. The highest BCUT2D eigenvalue weighted by Crippen LogP contribution is 2.31. The number of hydrogen-bond donors (Lipinski definition) is 2. The lowest BCUT2D eigenvalue weighted by Crippen LogP contribution is -1.90. The number of aromatic nitrogens is 1. The van der Waals surface area contributed by atoms with Crippen molar-refractivity contribution >= 4 is 24.0 Å². The van der Waals surface area contributed by atoms with Gasteiger partial charge in [-0.2, -0.15) is 0 Å². The molecule has 0 saturated carbocycles. The second kappa shape index (κ2) is 4.13. The maximum atomic E-state index is 9.18. The molecule has 0 radical (unpaired) electrons. The van der Waals surface area contributed by atoms with Crippen LogP contribution in [0.5, 0.6) is 0 Å². The molecule has 0 saturated heterocycles. The molecule has 1 aromatic heterocycles. The van der Waals surface area contributed by atoms with Crippen LogP contribution in [0.1, 0.15) is 5.56 Å². The van der Waals surface area contributed by atoms with Gasteiger partial charge in [0, 0.05) is 22.0 Å². The first-order chi connectivity index (χ1) is 6.83. The number of benzene rings is 1. The summed E-state index contributed by atoms with van der Waals surface area (Å²) in [7, 11) is 0. The van der Waals surface area contributed by atoms with Crippen molar-refractivity contribution in [3.05, 3.63) is 35.3 Å². The van der Waals surface area contributed by atoms with E-state index in [9.17, 15) is 5.11 Å². The Morgan fingerprint density at radius 1 is 1.43 bits per heavy atom. The Kier molecular flexibility index (Phi) is 2.86. The summed E-state index contributed by atoms with van der Waals surface area (Å²) in [5.74, 6) is 0. The fourth-order valence-electron chi connectivity index (χ4n) is 1.31. The van der Waals surface area contributed by atoms with Gasteiger partial charge in [-0.05, 0) is 11.6 Å². The molecule has 2 rings (SSSR count). The van der Waals surface area contributed by atoms with E-state index >= 15 is 0 Å². The molecule has 0 spiro atoms. The predicted molar refractivity (Wildman–Crippen MR) is 60.7 cm³/mol. The van der Waals surface area contributed by atoms with Crippen LogP contribution >= 0.6 is 24.0 Å². The summed E-state index contributed by atoms with van der Waals surface area (Å²) in [4.78, 5) is 5.07. The van der Waals surface area contributed by atoms with Crippen LogP contribution in [0.4, 0.5) is 0 Å². The Morgan fingerprint density at radius 2 is 2.29 bits per heavy atom. The van der Waals surface area contributed by atoms with Crippen LogP contribution in [0.3, 0.4) is 0 Å². The van der Waals surface area contributed by atoms with Gasteiger partial charge in [-0.25, -0.2) is 4.98 Å². The third-order valence-electron chi connectivity index (χ3n) is 1.95. The molecule has 1 heterocycles. The molecule has 0 atom stereocenters. The van der Waals surface area contributed by atoms with Crippen LogP contribution in [0, 0.1) is 0 Å². The fraction of sp³-hybridized carbons (Fsp3) is 0.100. The third kappa shape index (κ3) is 1.68. The van der Waals surface area contributed by atoms with E-state index in [0.717, 1.165) is 21.0 Å². The highest BCUT2D eigenvalue weighted by Gasteiger charge is 2.09. The van der Waals surface area contributed by atoms with Gasteiger partial charge >= 0.3 is 0 Å². The lowest BCUT2D eigenvalue weighted by atomic mass is 10.1. The van der Waals surface area contributed by atoms with Gasteiger partial charge in [0.05, 0.1) is 6.61 Å². The van der Waals surface area contributed by atoms with Crippen LogP contribution in [-0.4, -0.2) is 10.1 Å². The maximum absolute atomic E-state index is 9.18. The molecule has 0 fully saturated rings. The molecule has 1 aromatic carbocycles. The van der Waals surface area contributed by atoms with Crippen molar-refractivity contribution in [1.29, 1.82) is 0 Å². The minimum Gasteiger partial charge on any atom is -0.392 e. The summed E-state index contributed by atoms with van der Waals surface area (Å²) in [5.41, 5.74) is 1.81. The van der Waals surface area contributed by atoms with Crippen molar-refractivity contribution in [3.63, 3.8) is 0 Å². The minimum absolute atomic E-state index is 0.0172. The standard InChI is InChI=1S/C10H9NOS2/c12-6-7-2-1-3-8(13)9(7)10-11-4-5-14-10/h1-5,12-13H,6H2. The SMILES string of the molecule is OCc1cccc(S)c1-c1nccs1. The monoisotopic (exact) mass is 223 g/mol. The quantitative estimate of drug-likeness (QED) is 0.767. The molecule has 0 aliphatic carbocycles. The van der Waals surface area contributed by atoms with Crippen molar-refractivity contribution in [2.24, 2.45) is 0 Å². The van der Waals surface area contributed by atoms with Gasteiger partial charge in [-0.1, -0.05) is 12.1 Å². The predicted octanol–water partition coefficient (Wildman–Crippen LogP) is 2.59. The smallest absolute Gasteiger partial charge is 0.124 e. The number of thiol groups is 1. The summed E-state index contributed by atoms with van der Waals surface area (Å²) in [5, 5.41) is 12.0. The molecule has 14 heavy (non-hydrogen) atoms. The van der Waals surface area contributed by atoms with E-state index in [4.69, 9.17) is 0 Å². The second-order valence-electron chi connectivity index (χ2n) is 2.81. The minimum atomic E-state index is 0.0172. The van der Waals surface area contributed by atoms with Crippen LogP contribution in [0.2, 0.25) is 0 Å². The number of aliphatic hydroxyl groups is 1. The molecule has 4 heteroatoms. The van der Waals surface area contributed by atoms with E-state index in [0.29, 0.717) is 0 Å². The van der Waals surface area contributed by atoms with Gasteiger partial charge in [-0.3, -0.25) is 0 Å². The molecule has 1 N–H and O–H groups in total. The maximum Gasteiger partial charge on any atom is 0.124 e. The highest BCUT2D eigenvalue weighted by molar-refractivity contribution is 7.80. The molecule has 72 valence electrons. The Morgan fingerprint density at radius 3 is 2.93 bits per heavy atom. The van der Waals surface area contributed by atoms with Gasteiger partial charge < -0.3 is 5.11 Å². The van der Waals surface area contributed by atoms with E-state index in [1.807, 2.05) is 23.6 Å². The Bertz CT molecular complexity index is 426. The number of rotatable bonds is 2. The largest absolute Gasteiger partial charge is 0.392 e. The molecular weight excluding hydrogens is 214 g/mol. The van der Waals surface area contributed by atoms with Gasteiger partial charge in [0.15, 0.2) is 0 Å². The van der Waals surface area contributed by atoms with Gasteiger partial charge in [0.1, 0.15) is 5.01 Å². The molecule has 0 bridgehead atoms. The number of hydrogen-bond acceptors (Lipinski definition) is 4. The number of nitrogens with zero attached hydrogens (tertiary/aromatic N) is 1. The van der Waals surface area contributed by atoms with Crippen LogP contribution in [0.25, 0.3) is 10.6 Å². The first kappa shape index (κ1) is 9.71. The molecule has 2 nitrogen and oxygen atoms in total. The Hall–Kier alpha value is -0.840. The normalized spacial score (nSPS) is 10.4. The average molecular weight is 223 g/mol.